The molecule has 0 aromatic carbocycles. The summed E-state index contributed by atoms with van der Waals surface area (Å²) in [5.41, 5.74) is -0.239. The summed E-state index contributed by atoms with van der Waals surface area (Å²) in [6, 6.07) is 3.03. The number of H-pyrrole nitrogens is 1. The molecule has 1 aromatic heterocycles. The monoisotopic (exact) mass is 152 g/mol. The third-order valence-electron chi connectivity index (χ3n) is 1.05. The van der Waals surface area contributed by atoms with Crippen LogP contribution in [0.5, 0.6) is 0 Å². The van der Waals surface area contributed by atoms with Crippen molar-refractivity contribution in [2.45, 2.75) is 5.03 Å². The van der Waals surface area contributed by atoms with E-state index in [9.17, 15) is 4.79 Å². The summed E-state index contributed by atoms with van der Waals surface area (Å²) in [6.07, 6.45) is 1.45. The van der Waals surface area contributed by atoms with E-state index in [1.807, 2.05) is 0 Å². The largest absolute Gasteiger partial charge is 0.355 e. The molecule has 10 heavy (non-hydrogen) atoms. The molecule has 0 spiro atoms. The van der Waals surface area contributed by atoms with Crippen molar-refractivity contribution in [2.75, 3.05) is 0 Å². The van der Waals surface area contributed by atoms with Gasteiger partial charge in [-0.1, -0.05) is 0 Å². The molecule has 0 unspecified atom stereocenters. The summed E-state index contributed by atoms with van der Waals surface area (Å²) >= 11 is 3.87. The molecule has 0 atom stereocenters. The molecule has 0 fully saturated rings. The lowest BCUT2D eigenvalue weighted by Gasteiger charge is -1.90. The van der Waals surface area contributed by atoms with Crippen molar-refractivity contribution in [3.05, 3.63) is 28.0 Å². The van der Waals surface area contributed by atoms with Gasteiger partial charge in [-0.15, -0.1) is 12.6 Å². The van der Waals surface area contributed by atoms with E-state index < -0.39 is 0 Å². The van der Waals surface area contributed by atoms with Crippen LogP contribution >= 0.6 is 12.6 Å². The number of nitrogens with one attached hydrogen (secondary N) is 1. The first-order valence-corrected chi connectivity index (χ1v) is 3.01. The van der Waals surface area contributed by atoms with Crippen molar-refractivity contribution in [3.63, 3.8) is 0 Å². The average molecular weight is 152 g/mol. The topological polar surface area (TPSA) is 56.6 Å². The second-order valence-corrected chi connectivity index (χ2v) is 2.12. The molecule has 0 saturated carbocycles. The summed E-state index contributed by atoms with van der Waals surface area (Å²) in [7, 11) is 0. The molecular formula is C6H4N2OS. The number of nitriles is 1. The molecule has 0 aliphatic heterocycles. The van der Waals surface area contributed by atoms with Gasteiger partial charge in [0.05, 0.1) is 5.03 Å². The van der Waals surface area contributed by atoms with Crippen LogP contribution in [0.25, 0.3) is 0 Å². The number of aromatic nitrogens is 1. The predicted molar refractivity (Wildman–Crippen MR) is 39.0 cm³/mol. The number of nitrogens with zero attached hydrogens (tertiary/aromatic N) is 1. The molecule has 0 saturated heterocycles. The van der Waals surface area contributed by atoms with Crippen molar-refractivity contribution in [2.24, 2.45) is 0 Å². The van der Waals surface area contributed by atoms with E-state index in [0.717, 1.165) is 0 Å². The molecular weight excluding hydrogens is 148 g/mol. The van der Waals surface area contributed by atoms with Crippen LogP contribution in [0.15, 0.2) is 22.1 Å². The molecule has 1 aromatic rings. The molecule has 0 bridgehead atoms. The van der Waals surface area contributed by atoms with Gasteiger partial charge in [-0.2, -0.15) is 5.26 Å². The number of hydrogen-bond donors (Lipinski definition) is 2. The van der Waals surface area contributed by atoms with Crippen molar-refractivity contribution in [1.82, 2.24) is 4.98 Å². The van der Waals surface area contributed by atoms with Gasteiger partial charge in [-0.3, -0.25) is 4.79 Å². The van der Waals surface area contributed by atoms with Crippen LogP contribution < -0.4 is 5.43 Å². The van der Waals surface area contributed by atoms with Crippen LogP contribution in [-0.2, 0) is 0 Å². The highest BCUT2D eigenvalue weighted by molar-refractivity contribution is 7.80. The molecule has 1 rings (SSSR count). The molecule has 0 aliphatic rings. The van der Waals surface area contributed by atoms with Gasteiger partial charge in [0.2, 0.25) is 0 Å². The van der Waals surface area contributed by atoms with Crippen LogP contribution in [-0.4, -0.2) is 4.98 Å². The fourth-order valence-corrected chi connectivity index (χ4v) is 0.811. The molecule has 1 N–H and O–H groups in total. The highest BCUT2D eigenvalue weighted by atomic mass is 32.1. The van der Waals surface area contributed by atoms with E-state index in [0.29, 0.717) is 5.03 Å². The zero-order valence-electron chi connectivity index (χ0n) is 4.96. The summed E-state index contributed by atoms with van der Waals surface area (Å²) in [5.74, 6) is 0. The van der Waals surface area contributed by atoms with E-state index in [-0.39, 0.29) is 11.0 Å². The molecule has 4 heteroatoms. The number of hydrogen-bond acceptors (Lipinski definition) is 3. The Hall–Kier alpha value is -1.21. The fraction of sp³-hybridized carbons (Fsp3) is 0. The lowest BCUT2D eigenvalue weighted by atomic mass is 10.3. The van der Waals surface area contributed by atoms with Crippen LogP contribution in [0.4, 0.5) is 0 Å². The van der Waals surface area contributed by atoms with E-state index in [1.165, 1.54) is 12.3 Å². The highest BCUT2D eigenvalue weighted by Gasteiger charge is 1.99. The Bertz CT molecular complexity index is 336. The Labute approximate surface area is 62.7 Å². The maximum absolute atomic E-state index is 10.8. The SMILES string of the molecule is N#Cc1c(S)[nH]ccc1=O. The number of aromatic amines is 1. The van der Waals surface area contributed by atoms with Crippen molar-refractivity contribution in [1.29, 1.82) is 5.26 Å². The van der Waals surface area contributed by atoms with Crippen LogP contribution in [0.2, 0.25) is 0 Å². The lowest BCUT2D eigenvalue weighted by Crippen LogP contribution is -2.05. The second kappa shape index (κ2) is 2.58. The third-order valence-corrected chi connectivity index (χ3v) is 1.40. The van der Waals surface area contributed by atoms with E-state index in [1.54, 1.807) is 6.07 Å². The van der Waals surface area contributed by atoms with Crippen LogP contribution in [0.3, 0.4) is 0 Å². The van der Waals surface area contributed by atoms with Gasteiger partial charge >= 0.3 is 0 Å². The second-order valence-electron chi connectivity index (χ2n) is 1.68. The maximum atomic E-state index is 10.8. The molecule has 0 amide bonds. The molecule has 1 heterocycles. The van der Waals surface area contributed by atoms with Gasteiger partial charge in [-0.05, 0) is 0 Å². The van der Waals surface area contributed by atoms with E-state index in [4.69, 9.17) is 5.26 Å². The first-order valence-electron chi connectivity index (χ1n) is 2.56. The van der Waals surface area contributed by atoms with Gasteiger partial charge in [0, 0.05) is 12.3 Å². The molecule has 0 aliphatic carbocycles. The molecule has 50 valence electrons. The zero-order chi connectivity index (χ0) is 7.56. The maximum Gasteiger partial charge on any atom is 0.200 e. The number of pyridine rings is 1. The third kappa shape index (κ3) is 1.04. The fourth-order valence-electron chi connectivity index (χ4n) is 0.577. The van der Waals surface area contributed by atoms with Crippen molar-refractivity contribution < 1.29 is 0 Å². The van der Waals surface area contributed by atoms with Crippen LogP contribution in [0.1, 0.15) is 5.56 Å². The predicted octanol–water partition coefficient (Wildman–Crippen LogP) is 0.535. The Morgan fingerprint density at radius 3 is 2.80 bits per heavy atom. The molecule has 3 nitrogen and oxygen atoms in total. The first-order chi connectivity index (χ1) is 4.75. The Kier molecular flexibility index (Phi) is 1.78. The van der Waals surface area contributed by atoms with Gasteiger partial charge < -0.3 is 4.98 Å². The number of thiol groups is 1. The van der Waals surface area contributed by atoms with Gasteiger partial charge in [0.15, 0.2) is 5.43 Å². The summed E-state index contributed by atoms with van der Waals surface area (Å²) in [4.78, 5) is 13.4. The zero-order valence-corrected chi connectivity index (χ0v) is 5.85. The van der Waals surface area contributed by atoms with E-state index >= 15 is 0 Å². The van der Waals surface area contributed by atoms with Crippen LogP contribution in [0, 0.1) is 11.3 Å². The summed E-state index contributed by atoms with van der Waals surface area (Å²) < 4.78 is 0. The average Bonchev–Trinajstić information content (AvgIpc) is 1.88. The van der Waals surface area contributed by atoms with Crippen molar-refractivity contribution in [3.8, 4) is 6.07 Å². The van der Waals surface area contributed by atoms with Gasteiger partial charge in [-0.25, -0.2) is 0 Å². The van der Waals surface area contributed by atoms with Gasteiger partial charge in [0.1, 0.15) is 11.6 Å². The minimum absolute atomic E-state index is 0.0610. The summed E-state index contributed by atoms with van der Waals surface area (Å²) in [5, 5.41) is 8.70. The highest BCUT2D eigenvalue weighted by Crippen LogP contribution is 2.01. The van der Waals surface area contributed by atoms with E-state index in [2.05, 4.69) is 17.6 Å². The standard InChI is InChI=1S/C6H4N2OS/c7-3-4-5(9)1-2-8-6(4)10/h1-2H,(H2,8,9,10). The Balaban J connectivity index is 3.50. The lowest BCUT2D eigenvalue weighted by molar-refractivity contribution is 1.10. The number of rotatable bonds is 0. The Morgan fingerprint density at radius 1 is 1.70 bits per heavy atom. The Morgan fingerprint density at radius 2 is 2.40 bits per heavy atom. The molecule has 0 radical (unpaired) electrons. The van der Waals surface area contributed by atoms with Crippen molar-refractivity contribution >= 4 is 12.6 Å². The normalized spacial score (nSPS) is 8.80. The minimum atomic E-state index is -0.300. The van der Waals surface area contributed by atoms with Gasteiger partial charge in [0.25, 0.3) is 0 Å². The quantitative estimate of drug-likeness (QED) is 0.533. The minimum Gasteiger partial charge on any atom is -0.355 e. The summed E-state index contributed by atoms with van der Waals surface area (Å²) in [6.45, 7) is 0. The first kappa shape index (κ1) is 6.90. The smallest absolute Gasteiger partial charge is 0.200 e.